The van der Waals surface area contributed by atoms with Crippen molar-refractivity contribution >= 4 is 40.1 Å². The molecule has 1 aromatic heterocycles. The van der Waals surface area contributed by atoms with E-state index >= 15 is 0 Å². The van der Waals surface area contributed by atoms with E-state index in [-0.39, 0.29) is 35.5 Å². The van der Waals surface area contributed by atoms with Gasteiger partial charge in [0.2, 0.25) is 5.91 Å². The summed E-state index contributed by atoms with van der Waals surface area (Å²) < 4.78 is 21.0. The van der Waals surface area contributed by atoms with Gasteiger partial charge in [0.05, 0.1) is 19.3 Å². The van der Waals surface area contributed by atoms with Gasteiger partial charge in [-0.25, -0.2) is 9.37 Å². The molecule has 210 valence electrons. The average Bonchev–Trinajstić information content (AvgIpc) is 3.35. The Labute approximate surface area is 249 Å². The lowest BCUT2D eigenvalue weighted by Gasteiger charge is -2.25. The first-order valence-corrected chi connectivity index (χ1v) is 14.0. The topological polar surface area (TPSA) is 133 Å². The summed E-state index contributed by atoms with van der Waals surface area (Å²) >= 11 is 8.51. The summed E-state index contributed by atoms with van der Waals surface area (Å²) in [5, 5.41) is 21.6. The molecular formula is C29H29ClFIN4O4. The number of ether oxygens (including phenoxy) is 1. The number of hydrogen-bond acceptors (Lipinski definition) is 6. The molecule has 11 heteroatoms. The fourth-order valence-corrected chi connectivity index (χ4v) is 4.92. The number of nitrogens with one attached hydrogen (secondary N) is 2. The number of H-pyrrole nitrogens is 1. The predicted octanol–water partition coefficient (Wildman–Crippen LogP) is 4.87. The number of aromatic nitrogens is 2. The molecule has 0 radical (unpaired) electrons. The number of nitrogens with zero attached hydrogens (tertiary/aromatic N) is 1. The monoisotopic (exact) mass is 678 g/mol. The molecule has 4 aromatic rings. The van der Waals surface area contributed by atoms with Gasteiger partial charge in [0.1, 0.15) is 40.4 Å². The molecule has 1 amide bonds. The number of aromatic amines is 1. The van der Waals surface area contributed by atoms with Gasteiger partial charge in [-0.1, -0.05) is 61.0 Å². The minimum Gasteiger partial charge on any atom is -0.486 e. The molecule has 6 N–H and O–H groups in total. The zero-order valence-electron chi connectivity index (χ0n) is 21.5. The Morgan fingerprint density at radius 3 is 2.40 bits per heavy atom. The first-order chi connectivity index (χ1) is 19.2. The predicted molar refractivity (Wildman–Crippen MR) is 159 cm³/mol. The minimum atomic E-state index is -1.02. The molecular weight excluding hydrogens is 650 g/mol. The number of nitrogens with two attached hydrogens (primary N) is 1. The number of carbonyl (C=O) groups is 1. The maximum Gasteiger partial charge on any atom is 0.242 e. The van der Waals surface area contributed by atoms with E-state index in [9.17, 15) is 19.4 Å². The van der Waals surface area contributed by atoms with Crippen LogP contribution in [-0.2, 0) is 4.79 Å². The third kappa shape index (κ3) is 6.99. The summed E-state index contributed by atoms with van der Waals surface area (Å²) in [5.41, 5.74) is 8.29. The highest BCUT2D eigenvalue weighted by Gasteiger charge is 2.30. The third-order valence-corrected chi connectivity index (χ3v) is 7.46. The molecule has 0 fully saturated rings. The lowest BCUT2D eigenvalue weighted by atomic mass is 9.92. The maximum atomic E-state index is 14.8. The van der Waals surface area contributed by atoms with Crippen LogP contribution in [0.5, 0.6) is 5.75 Å². The van der Waals surface area contributed by atoms with Crippen LogP contribution < -0.4 is 15.8 Å². The fraction of sp³-hybridized carbons (Fsp3) is 0.241. The Kier molecular flexibility index (Phi) is 10.1. The minimum absolute atomic E-state index is 0.151. The highest BCUT2D eigenvalue weighted by Crippen LogP contribution is 2.35. The standard InChI is InChI=1S/C29H29ClFIN4O4/c1-16(17-5-3-2-4-6-17)25(28-34-26(27(30)36-28)22-12-9-19(32)13-23(22)31)35-29(39)24(33)18-7-10-20(11-8-18)40-21(14-37)15-38/h2-13,16,21,24-25,37-38H,14-15,33H2,1H3,(H,34,36)(H,35,39)/t16-,24?,25-/m0/s1. The van der Waals surface area contributed by atoms with Crippen LogP contribution in [0.1, 0.15) is 41.9 Å². The summed E-state index contributed by atoms with van der Waals surface area (Å²) in [4.78, 5) is 21.0. The number of aliphatic hydroxyl groups excluding tert-OH is 2. The van der Waals surface area contributed by atoms with E-state index in [1.165, 1.54) is 6.07 Å². The van der Waals surface area contributed by atoms with Gasteiger partial charge in [0, 0.05) is 15.1 Å². The van der Waals surface area contributed by atoms with Crippen LogP contribution in [0.25, 0.3) is 11.3 Å². The molecule has 0 aliphatic rings. The maximum absolute atomic E-state index is 14.8. The SMILES string of the molecule is C[C@@H](c1ccccc1)[C@H](NC(=O)C(N)c1ccc(OC(CO)CO)cc1)c1nc(-c2ccc(I)cc2F)c(Cl)[nH]1. The molecule has 8 nitrogen and oxygen atoms in total. The molecule has 40 heavy (non-hydrogen) atoms. The number of carbonyl (C=O) groups excluding carboxylic acids is 1. The Morgan fingerprint density at radius 2 is 1.77 bits per heavy atom. The number of aliphatic hydroxyl groups is 2. The van der Waals surface area contributed by atoms with Gasteiger partial charge in [0.15, 0.2) is 0 Å². The van der Waals surface area contributed by atoms with E-state index in [0.717, 1.165) is 9.13 Å². The second-order valence-electron chi connectivity index (χ2n) is 9.25. The summed E-state index contributed by atoms with van der Waals surface area (Å²) in [6, 6.07) is 19.2. The number of halogens is 3. The number of imidazole rings is 1. The Hall–Kier alpha value is -3.03. The largest absolute Gasteiger partial charge is 0.486 e. The van der Waals surface area contributed by atoms with Crippen LogP contribution >= 0.6 is 34.2 Å². The van der Waals surface area contributed by atoms with Crippen molar-refractivity contribution in [3.8, 4) is 17.0 Å². The van der Waals surface area contributed by atoms with Crippen LogP contribution in [-0.4, -0.2) is 45.4 Å². The Morgan fingerprint density at radius 1 is 1.10 bits per heavy atom. The van der Waals surface area contributed by atoms with Crippen molar-refractivity contribution < 1.29 is 24.1 Å². The number of hydrogen-bond donors (Lipinski definition) is 5. The lowest BCUT2D eigenvalue weighted by Crippen LogP contribution is -2.39. The van der Waals surface area contributed by atoms with Crippen LogP contribution in [0.4, 0.5) is 4.39 Å². The Bertz CT molecular complexity index is 1430. The van der Waals surface area contributed by atoms with Gasteiger partial charge in [-0.3, -0.25) is 4.79 Å². The Balaban J connectivity index is 1.61. The highest BCUT2D eigenvalue weighted by molar-refractivity contribution is 14.1. The van der Waals surface area contributed by atoms with Crippen molar-refractivity contribution in [2.24, 2.45) is 5.73 Å². The first kappa shape index (κ1) is 29.9. The average molecular weight is 679 g/mol. The van der Waals surface area contributed by atoms with Crippen molar-refractivity contribution in [1.82, 2.24) is 15.3 Å². The summed E-state index contributed by atoms with van der Waals surface area (Å²) in [7, 11) is 0. The molecule has 0 spiro atoms. The van der Waals surface area contributed by atoms with Gasteiger partial charge in [-0.2, -0.15) is 0 Å². The van der Waals surface area contributed by atoms with Crippen LogP contribution in [0.2, 0.25) is 5.15 Å². The highest BCUT2D eigenvalue weighted by atomic mass is 127. The van der Waals surface area contributed by atoms with Crippen LogP contribution in [0.3, 0.4) is 0 Å². The molecule has 0 saturated heterocycles. The molecule has 0 bridgehead atoms. The van der Waals surface area contributed by atoms with Crippen molar-refractivity contribution in [1.29, 1.82) is 0 Å². The third-order valence-electron chi connectivity index (χ3n) is 6.51. The van der Waals surface area contributed by atoms with E-state index in [2.05, 4.69) is 15.3 Å². The number of benzene rings is 3. The van der Waals surface area contributed by atoms with Crippen LogP contribution in [0, 0.1) is 9.39 Å². The van der Waals surface area contributed by atoms with E-state index in [1.54, 1.807) is 36.4 Å². The van der Waals surface area contributed by atoms with Gasteiger partial charge in [-0.15, -0.1) is 0 Å². The quantitative estimate of drug-likeness (QED) is 0.144. The van der Waals surface area contributed by atoms with Gasteiger partial charge in [0.25, 0.3) is 0 Å². The second kappa shape index (κ2) is 13.6. The van der Waals surface area contributed by atoms with Gasteiger partial charge >= 0.3 is 0 Å². The zero-order valence-corrected chi connectivity index (χ0v) is 24.4. The molecule has 3 aromatic carbocycles. The number of rotatable bonds is 11. The fourth-order valence-electron chi connectivity index (χ4n) is 4.23. The smallest absolute Gasteiger partial charge is 0.242 e. The van der Waals surface area contributed by atoms with Gasteiger partial charge < -0.3 is 31.0 Å². The molecule has 0 saturated carbocycles. The van der Waals surface area contributed by atoms with E-state index in [4.69, 9.17) is 22.1 Å². The lowest BCUT2D eigenvalue weighted by molar-refractivity contribution is -0.123. The molecule has 4 rings (SSSR count). The van der Waals surface area contributed by atoms with Crippen molar-refractivity contribution in [2.75, 3.05) is 13.2 Å². The molecule has 0 aliphatic heterocycles. The molecule has 1 heterocycles. The van der Waals surface area contributed by atoms with Crippen molar-refractivity contribution in [2.45, 2.75) is 31.0 Å². The summed E-state index contributed by atoms with van der Waals surface area (Å²) in [5.74, 6) is -0.390. The van der Waals surface area contributed by atoms with Crippen molar-refractivity contribution in [3.63, 3.8) is 0 Å². The summed E-state index contributed by atoms with van der Waals surface area (Å²) in [6.45, 7) is 1.27. The summed E-state index contributed by atoms with van der Waals surface area (Å²) in [6.07, 6.45) is -0.749. The molecule has 1 unspecified atom stereocenters. The van der Waals surface area contributed by atoms with Crippen molar-refractivity contribution in [3.05, 3.63) is 104 Å². The van der Waals surface area contributed by atoms with Gasteiger partial charge in [-0.05, 0) is 64.0 Å². The molecule has 3 atom stereocenters. The van der Waals surface area contributed by atoms with E-state index in [0.29, 0.717) is 17.1 Å². The zero-order chi connectivity index (χ0) is 28.8. The number of amides is 1. The normalized spacial score (nSPS) is 13.6. The second-order valence-corrected chi connectivity index (χ2v) is 10.9. The first-order valence-electron chi connectivity index (χ1n) is 12.5. The molecule has 0 aliphatic carbocycles. The van der Waals surface area contributed by atoms with E-state index < -0.39 is 29.9 Å². The van der Waals surface area contributed by atoms with Crippen LogP contribution in [0.15, 0.2) is 72.8 Å². The van der Waals surface area contributed by atoms with E-state index in [1.807, 2.05) is 59.8 Å².